The van der Waals surface area contributed by atoms with Crippen LogP contribution in [-0.2, 0) is 24.4 Å². The lowest BCUT2D eigenvalue weighted by Gasteiger charge is -2.37. The van der Waals surface area contributed by atoms with Gasteiger partial charge in [0.15, 0.2) is 0 Å². The van der Waals surface area contributed by atoms with Crippen molar-refractivity contribution in [2.45, 2.75) is 81.2 Å². The SMILES string of the molecule is O=C(NC1NCC(Cc2cccc(F)c2)(C2CCCCCCCC2)S1)c1ccc2c(c1)COC2. The molecule has 0 bridgehead atoms. The first-order chi connectivity index (χ1) is 16.6. The summed E-state index contributed by atoms with van der Waals surface area (Å²) in [4.78, 5) is 13.1. The van der Waals surface area contributed by atoms with E-state index in [4.69, 9.17) is 4.74 Å². The van der Waals surface area contributed by atoms with Crippen molar-refractivity contribution < 1.29 is 13.9 Å². The molecule has 2 aliphatic heterocycles. The van der Waals surface area contributed by atoms with Crippen molar-refractivity contribution in [1.82, 2.24) is 10.6 Å². The van der Waals surface area contributed by atoms with E-state index in [0.717, 1.165) is 24.1 Å². The second-order valence-corrected chi connectivity index (χ2v) is 11.6. The zero-order valence-corrected chi connectivity index (χ0v) is 20.6. The molecule has 2 atom stereocenters. The van der Waals surface area contributed by atoms with Crippen LogP contribution in [0.25, 0.3) is 0 Å². The first kappa shape index (κ1) is 23.8. The summed E-state index contributed by atoms with van der Waals surface area (Å²) in [5.41, 5.74) is 3.83. The van der Waals surface area contributed by atoms with Crippen molar-refractivity contribution in [2.75, 3.05) is 6.54 Å². The smallest absolute Gasteiger partial charge is 0.253 e. The van der Waals surface area contributed by atoms with Gasteiger partial charge in [0.05, 0.1) is 13.2 Å². The third kappa shape index (κ3) is 5.50. The molecule has 2 aromatic carbocycles. The predicted molar refractivity (Wildman–Crippen MR) is 135 cm³/mol. The molecule has 6 heteroatoms. The maximum Gasteiger partial charge on any atom is 0.253 e. The van der Waals surface area contributed by atoms with Gasteiger partial charge >= 0.3 is 0 Å². The Kier molecular flexibility index (Phi) is 7.57. The van der Waals surface area contributed by atoms with Crippen LogP contribution in [0.1, 0.15) is 78.4 Å². The highest BCUT2D eigenvalue weighted by Gasteiger charge is 2.46. The third-order valence-electron chi connectivity index (χ3n) is 7.68. The summed E-state index contributed by atoms with van der Waals surface area (Å²) >= 11 is 1.85. The Hall–Kier alpha value is -1.89. The number of amides is 1. The van der Waals surface area contributed by atoms with Crippen LogP contribution in [0.2, 0.25) is 0 Å². The maximum absolute atomic E-state index is 14.0. The van der Waals surface area contributed by atoms with E-state index in [1.165, 1.54) is 63.0 Å². The Labute approximate surface area is 206 Å². The summed E-state index contributed by atoms with van der Waals surface area (Å²) in [7, 11) is 0. The molecule has 182 valence electrons. The number of hydrogen-bond acceptors (Lipinski definition) is 4. The zero-order chi connectivity index (χ0) is 23.4. The van der Waals surface area contributed by atoms with Crippen LogP contribution < -0.4 is 10.6 Å². The molecule has 2 fully saturated rings. The molecule has 1 amide bonds. The van der Waals surface area contributed by atoms with Crippen LogP contribution >= 0.6 is 11.8 Å². The predicted octanol–water partition coefficient (Wildman–Crippen LogP) is 5.94. The molecule has 3 aliphatic rings. The van der Waals surface area contributed by atoms with Gasteiger partial charge in [0.25, 0.3) is 5.91 Å². The van der Waals surface area contributed by atoms with Crippen LogP contribution in [0, 0.1) is 11.7 Å². The largest absolute Gasteiger partial charge is 0.372 e. The van der Waals surface area contributed by atoms with Crippen LogP contribution in [0.4, 0.5) is 4.39 Å². The third-order valence-corrected chi connectivity index (χ3v) is 9.29. The van der Waals surface area contributed by atoms with Crippen molar-refractivity contribution in [2.24, 2.45) is 5.92 Å². The minimum absolute atomic E-state index is 0.0537. The molecular weight excluding hydrogens is 447 g/mol. The second-order valence-electron chi connectivity index (χ2n) is 10.1. The van der Waals surface area contributed by atoms with E-state index in [-0.39, 0.29) is 22.0 Å². The minimum atomic E-state index is -0.177. The van der Waals surface area contributed by atoms with Crippen LogP contribution in [-0.4, -0.2) is 22.7 Å². The highest BCUT2D eigenvalue weighted by molar-refractivity contribution is 8.01. The van der Waals surface area contributed by atoms with Crippen molar-refractivity contribution in [1.29, 1.82) is 0 Å². The van der Waals surface area contributed by atoms with Gasteiger partial charge in [-0.2, -0.15) is 0 Å². The topological polar surface area (TPSA) is 50.4 Å². The second kappa shape index (κ2) is 10.8. The van der Waals surface area contributed by atoms with Gasteiger partial charge in [0.2, 0.25) is 0 Å². The van der Waals surface area contributed by atoms with E-state index in [9.17, 15) is 9.18 Å². The summed E-state index contributed by atoms with van der Waals surface area (Å²) in [6, 6.07) is 12.9. The van der Waals surface area contributed by atoms with Crippen LogP contribution in [0.3, 0.4) is 0 Å². The van der Waals surface area contributed by atoms with E-state index in [1.807, 2.05) is 42.1 Å². The molecule has 34 heavy (non-hydrogen) atoms. The lowest BCUT2D eigenvalue weighted by Crippen LogP contribution is -2.41. The number of ether oxygens (including phenoxy) is 1. The van der Waals surface area contributed by atoms with Gasteiger partial charge in [-0.15, -0.1) is 11.8 Å². The molecule has 2 heterocycles. The summed E-state index contributed by atoms with van der Waals surface area (Å²) < 4.78 is 19.5. The van der Waals surface area contributed by atoms with E-state index in [2.05, 4.69) is 10.6 Å². The van der Waals surface area contributed by atoms with E-state index >= 15 is 0 Å². The molecule has 1 saturated carbocycles. The molecule has 2 aromatic rings. The average molecular weight is 483 g/mol. The number of thioether (sulfide) groups is 1. The van der Waals surface area contributed by atoms with Gasteiger partial charge in [-0.3, -0.25) is 10.1 Å². The average Bonchev–Trinajstić information content (AvgIpc) is 3.48. The Morgan fingerprint density at radius 1 is 1.03 bits per heavy atom. The fourth-order valence-corrected chi connectivity index (χ4v) is 7.47. The van der Waals surface area contributed by atoms with Gasteiger partial charge in [-0.25, -0.2) is 4.39 Å². The quantitative estimate of drug-likeness (QED) is 0.554. The highest BCUT2D eigenvalue weighted by atomic mass is 32.2. The van der Waals surface area contributed by atoms with Gasteiger partial charge in [0.1, 0.15) is 11.3 Å². The van der Waals surface area contributed by atoms with E-state index in [0.29, 0.717) is 24.7 Å². The Bertz CT molecular complexity index is 1010. The van der Waals surface area contributed by atoms with Gasteiger partial charge in [-0.05, 0) is 66.1 Å². The number of halogens is 1. The molecule has 2 N–H and O–H groups in total. The fourth-order valence-electron chi connectivity index (χ4n) is 5.82. The number of carbonyl (C=O) groups is 1. The van der Waals surface area contributed by atoms with E-state index in [1.54, 1.807) is 6.07 Å². The van der Waals surface area contributed by atoms with Crippen LogP contribution in [0.5, 0.6) is 0 Å². The van der Waals surface area contributed by atoms with E-state index < -0.39 is 0 Å². The normalized spacial score (nSPS) is 25.9. The summed E-state index contributed by atoms with van der Waals surface area (Å²) in [6.07, 6.45) is 11.0. The van der Waals surface area contributed by atoms with Crippen molar-refractivity contribution in [3.8, 4) is 0 Å². The Morgan fingerprint density at radius 3 is 2.59 bits per heavy atom. The molecular formula is C28H35FN2O2S. The number of benzene rings is 2. The fraction of sp³-hybridized carbons (Fsp3) is 0.536. The molecule has 0 aromatic heterocycles. The maximum atomic E-state index is 14.0. The van der Waals surface area contributed by atoms with Gasteiger partial charge in [0, 0.05) is 16.9 Å². The number of fused-ring (bicyclic) bond motifs is 1. The number of rotatable bonds is 5. The van der Waals surface area contributed by atoms with Crippen LogP contribution in [0.15, 0.2) is 42.5 Å². The summed E-state index contributed by atoms with van der Waals surface area (Å²) in [5, 5.41) is 6.81. The first-order valence-corrected chi connectivity index (χ1v) is 13.7. The summed E-state index contributed by atoms with van der Waals surface area (Å²) in [5.74, 6) is 0.310. The summed E-state index contributed by atoms with van der Waals surface area (Å²) in [6.45, 7) is 2.02. The molecule has 1 saturated heterocycles. The molecule has 0 radical (unpaired) electrons. The first-order valence-electron chi connectivity index (χ1n) is 12.8. The number of nitrogens with one attached hydrogen (secondary N) is 2. The number of hydrogen-bond donors (Lipinski definition) is 2. The molecule has 2 unspecified atom stereocenters. The minimum Gasteiger partial charge on any atom is -0.372 e. The van der Waals surface area contributed by atoms with Crippen molar-refractivity contribution in [3.63, 3.8) is 0 Å². The Morgan fingerprint density at radius 2 is 1.79 bits per heavy atom. The molecule has 4 nitrogen and oxygen atoms in total. The number of carbonyl (C=O) groups excluding carboxylic acids is 1. The zero-order valence-electron chi connectivity index (χ0n) is 19.8. The monoisotopic (exact) mass is 482 g/mol. The van der Waals surface area contributed by atoms with Gasteiger partial charge in [-0.1, -0.05) is 56.7 Å². The van der Waals surface area contributed by atoms with Crippen molar-refractivity contribution in [3.05, 3.63) is 70.5 Å². The lowest BCUT2D eigenvalue weighted by molar-refractivity contribution is 0.0946. The highest BCUT2D eigenvalue weighted by Crippen LogP contribution is 2.46. The Balaban J connectivity index is 1.33. The van der Waals surface area contributed by atoms with Crippen molar-refractivity contribution >= 4 is 17.7 Å². The van der Waals surface area contributed by atoms with Gasteiger partial charge < -0.3 is 10.1 Å². The molecule has 0 spiro atoms. The molecule has 5 rings (SSSR count). The molecule has 1 aliphatic carbocycles. The standard InChI is InChI=1S/C28H35FN2O2S/c29-25-11-7-8-20(14-25)16-28(24-9-5-3-1-2-4-6-10-24)19-30-27(34-28)31-26(32)21-12-13-22-17-33-18-23(22)15-21/h7-8,11-15,24,27,30H,1-6,9-10,16-19H2,(H,31,32). The lowest BCUT2D eigenvalue weighted by atomic mass is 9.80.